The summed E-state index contributed by atoms with van der Waals surface area (Å²) in [5.41, 5.74) is 1.69. The summed E-state index contributed by atoms with van der Waals surface area (Å²) in [5.74, 6) is 0.283. The lowest BCUT2D eigenvalue weighted by Gasteiger charge is -2.23. The average molecular weight is 257 g/mol. The standard InChI is InChI=1S/C15H19N3O/c1-11-14(7-8-17-11)15(19)18(2)10-13-5-3-12(9-16)4-6-13/h3-6,11,14,17H,7-8,10H2,1-2H3. The Balaban J connectivity index is 1.98. The number of nitriles is 1. The zero-order chi connectivity index (χ0) is 13.8. The molecule has 1 saturated heterocycles. The van der Waals surface area contributed by atoms with Gasteiger partial charge in [0.25, 0.3) is 0 Å². The molecule has 1 N–H and O–H groups in total. The lowest BCUT2D eigenvalue weighted by Crippen LogP contribution is -2.37. The first-order chi connectivity index (χ1) is 9.11. The average Bonchev–Trinajstić information content (AvgIpc) is 2.85. The van der Waals surface area contributed by atoms with Gasteiger partial charge in [0.1, 0.15) is 0 Å². The Hall–Kier alpha value is -1.86. The van der Waals surface area contributed by atoms with Gasteiger partial charge in [-0.05, 0) is 37.6 Å². The van der Waals surface area contributed by atoms with Crippen LogP contribution in [0.5, 0.6) is 0 Å². The van der Waals surface area contributed by atoms with Gasteiger partial charge >= 0.3 is 0 Å². The van der Waals surface area contributed by atoms with E-state index in [9.17, 15) is 4.79 Å². The Bertz CT molecular complexity index is 489. The molecule has 4 heteroatoms. The first-order valence-electron chi connectivity index (χ1n) is 6.59. The molecule has 100 valence electrons. The number of nitrogens with one attached hydrogen (secondary N) is 1. The van der Waals surface area contributed by atoms with E-state index in [4.69, 9.17) is 5.26 Å². The molecule has 0 spiro atoms. The predicted octanol–water partition coefficient (Wildman–Crippen LogP) is 1.51. The Morgan fingerprint density at radius 1 is 1.47 bits per heavy atom. The quantitative estimate of drug-likeness (QED) is 0.893. The van der Waals surface area contributed by atoms with E-state index >= 15 is 0 Å². The van der Waals surface area contributed by atoms with E-state index in [1.165, 1.54) is 0 Å². The summed E-state index contributed by atoms with van der Waals surface area (Å²) >= 11 is 0. The maximum atomic E-state index is 12.3. The predicted molar refractivity (Wildman–Crippen MR) is 73.2 cm³/mol. The van der Waals surface area contributed by atoms with Crippen molar-refractivity contribution < 1.29 is 4.79 Å². The number of hydrogen-bond acceptors (Lipinski definition) is 3. The third-order valence-electron chi connectivity index (χ3n) is 3.72. The van der Waals surface area contributed by atoms with E-state index < -0.39 is 0 Å². The molecular weight excluding hydrogens is 238 g/mol. The van der Waals surface area contributed by atoms with Gasteiger partial charge in [0.15, 0.2) is 0 Å². The highest BCUT2D eigenvalue weighted by Gasteiger charge is 2.31. The van der Waals surface area contributed by atoms with Crippen LogP contribution in [0.2, 0.25) is 0 Å². The second-order valence-electron chi connectivity index (χ2n) is 5.14. The molecule has 1 fully saturated rings. The van der Waals surface area contributed by atoms with E-state index in [0.29, 0.717) is 12.1 Å². The highest BCUT2D eigenvalue weighted by molar-refractivity contribution is 5.79. The van der Waals surface area contributed by atoms with Crippen LogP contribution in [-0.4, -0.2) is 30.4 Å². The number of carbonyl (C=O) groups excluding carboxylic acids is 1. The molecule has 1 aromatic rings. The minimum absolute atomic E-state index is 0.0865. The molecule has 0 aromatic heterocycles. The van der Waals surface area contributed by atoms with Gasteiger partial charge in [0.2, 0.25) is 5.91 Å². The van der Waals surface area contributed by atoms with Crippen LogP contribution >= 0.6 is 0 Å². The van der Waals surface area contributed by atoms with Crippen molar-refractivity contribution in [2.75, 3.05) is 13.6 Å². The fourth-order valence-electron chi connectivity index (χ4n) is 2.52. The van der Waals surface area contributed by atoms with Gasteiger partial charge in [-0.25, -0.2) is 0 Å². The van der Waals surface area contributed by atoms with Crippen molar-refractivity contribution in [2.24, 2.45) is 5.92 Å². The number of benzene rings is 1. The number of rotatable bonds is 3. The topological polar surface area (TPSA) is 56.1 Å². The molecule has 0 saturated carbocycles. The third-order valence-corrected chi connectivity index (χ3v) is 3.72. The molecule has 4 nitrogen and oxygen atoms in total. The van der Waals surface area contributed by atoms with Gasteiger partial charge in [-0.2, -0.15) is 5.26 Å². The normalized spacial score (nSPS) is 21.9. The molecule has 0 bridgehead atoms. The van der Waals surface area contributed by atoms with Gasteiger partial charge in [-0.3, -0.25) is 4.79 Å². The fraction of sp³-hybridized carbons (Fsp3) is 0.467. The van der Waals surface area contributed by atoms with Crippen LogP contribution in [0.3, 0.4) is 0 Å². The van der Waals surface area contributed by atoms with Crippen molar-refractivity contribution in [3.8, 4) is 6.07 Å². The molecule has 1 aliphatic rings. The zero-order valence-corrected chi connectivity index (χ0v) is 11.4. The summed E-state index contributed by atoms with van der Waals surface area (Å²) < 4.78 is 0. The van der Waals surface area contributed by atoms with Crippen molar-refractivity contribution >= 4 is 5.91 Å². The highest BCUT2D eigenvalue weighted by Crippen LogP contribution is 2.18. The molecule has 2 rings (SSSR count). The van der Waals surface area contributed by atoms with Crippen LogP contribution in [0, 0.1) is 17.2 Å². The Kier molecular flexibility index (Phi) is 4.18. The molecule has 1 aliphatic heterocycles. The number of carbonyl (C=O) groups is 1. The van der Waals surface area contributed by atoms with Crippen molar-refractivity contribution in [3.05, 3.63) is 35.4 Å². The molecule has 1 aromatic carbocycles. The van der Waals surface area contributed by atoms with Crippen molar-refractivity contribution in [1.82, 2.24) is 10.2 Å². The van der Waals surface area contributed by atoms with Gasteiger partial charge < -0.3 is 10.2 Å². The smallest absolute Gasteiger partial charge is 0.227 e. The summed E-state index contributed by atoms with van der Waals surface area (Å²) in [6.07, 6.45) is 0.914. The van der Waals surface area contributed by atoms with E-state index in [0.717, 1.165) is 18.5 Å². The molecule has 19 heavy (non-hydrogen) atoms. The molecule has 1 heterocycles. The maximum Gasteiger partial charge on any atom is 0.227 e. The third kappa shape index (κ3) is 3.12. The fourth-order valence-corrected chi connectivity index (χ4v) is 2.52. The number of hydrogen-bond donors (Lipinski definition) is 1. The van der Waals surface area contributed by atoms with Crippen molar-refractivity contribution in [2.45, 2.75) is 25.9 Å². The first kappa shape index (κ1) is 13.6. The molecular formula is C15H19N3O. The molecule has 2 unspecified atom stereocenters. The largest absolute Gasteiger partial charge is 0.341 e. The van der Waals surface area contributed by atoms with Gasteiger partial charge in [0.05, 0.1) is 17.6 Å². The monoisotopic (exact) mass is 257 g/mol. The van der Waals surface area contributed by atoms with Crippen molar-refractivity contribution in [1.29, 1.82) is 5.26 Å². The van der Waals surface area contributed by atoms with E-state index in [1.807, 2.05) is 19.2 Å². The lowest BCUT2D eigenvalue weighted by atomic mass is 10.0. The summed E-state index contributed by atoms with van der Waals surface area (Å²) in [6, 6.07) is 9.73. The van der Waals surface area contributed by atoms with Crippen LogP contribution in [0.25, 0.3) is 0 Å². The zero-order valence-electron chi connectivity index (χ0n) is 11.4. The molecule has 2 atom stereocenters. The van der Waals surface area contributed by atoms with Crippen LogP contribution in [0.4, 0.5) is 0 Å². The Morgan fingerprint density at radius 3 is 2.68 bits per heavy atom. The van der Waals surface area contributed by atoms with Gasteiger partial charge in [0, 0.05) is 19.6 Å². The molecule has 0 aliphatic carbocycles. The van der Waals surface area contributed by atoms with E-state index in [2.05, 4.69) is 18.3 Å². The highest BCUT2D eigenvalue weighted by atomic mass is 16.2. The van der Waals surface area contributed by atoms with E-state index in [-0.39, 0.29) is 17.9 Å². The minimum Gasteiger partial charge on any atom is -0.341 e. The van der Waals surface area contributed by atoms with Gasteiger partial charge in [-0.15, -0.1) is 0 Å². The van der Waals surface area contributed by atoms with Gasteiger partial charge in [-0.1, -0.05) is 12.1 Å². The summed E-state index contributed by atoms with van der Waals surface area (Å²) in [5, 5.41) is 12.1. The molecule has 0 radical (unpaired) electrons. The minimum atomic E-state index is 0.0865. The van der Waals surface area contributed by atoms with Crippen LogP contribution in [-0.2, 0) is 11.3 Å². The van der Waals surface area contributed by atoms with Crippen LogP contribution in [0.15, 0.2) is 24.3 Å². The molecule has 1 amide bonds. The number of amides is 1. The Labute approximate surface area is 114 Å². The summed E-state index contributed by atoms with van der Waals surface area (Å²) in [6.45, 7) is 3.57. The first-order valence-corrected chi connectivity index (χ1v) is 6.59. The number of nitrogens with zero attached hydrogens (tertiary/aromatic N) is 2. The second kappa shape index (κ2) is 5.85. The summed E-state index contributed by atoms with van der Waals surface area (Å²) in [4.78, 5) is 14.1. The summed E-state index contributed by atoms with van der Waals surface area (Å²) in [7, 11) is 1.84. The van der Waals surface area contributed by atoms with Crippen LogP contribution in [0.1, 0.15) is 24.5 Å². The Morgan fingerprint density at radius 2 is 2.16 bits per heavy atom. The lowest BCUT2D eigenvalue weighted by molar-refractivity contribution is -0.134. The van der Waals surface area contributed by atoms with Crippen molar-refractivity contribution in [3.63, 3.8) is 0 Å². The van der Waals surface area contributed by atoms with E-state index in [1.54, 1.807) is 17.0 Å². The SMILES string of the molecule is CC1NCCC1C(=O)N(C)Cc1ccc(C#N)cc1. The second-order valence-corrected chi connectivity index (χ2v) is 5.14. The maximum absolute atomic E-state index is 12.3. The van der Waals surface area contributed by atoms with Crippen LogP contribution < -0.4 is 5.32 Å².